The highest BCUT2D eigenvalue weighted by atomic mass is 32.2. The summed E-state index contributed by atoms with van der Waals surface area (Å²) in [6.07, 6.45) is 2.13. The number of nitrogens with one attached hydrogen (secondary N) is 1. The van der Waals surface area contributed by atoms with Gasteiger partial charge in [-0.25, -0.2) is 4.79 Å². The Kier molecular flexibility index (Phi) is 7.83. The molecule has 0 heterocycles. The average molecular weight is 407 g/mol. The maximum Gasteiger partial charge on any atom is 0.333 e. The fourth-order valence-electron chi connectivity index (χ4n) is 2.70. The normalized spacial score (nSPS) is 12.4. The number of aliphatic carboxylic acids is 1. The summed E-state index contributed by atoms with van der Waals surface area (Å²) in [4.78, 5) is 11.0. The van der Waals surface area contributed by atoms with Crippen molar-refractivity contribution >= 4 is 21.8 Å². The number of hydrogen-bond acceptors (Lipinski definition) is 6. The van der Waals surface area contributed by atoms with Gasteiger partial charge in [-0.1, -0.05) is 24.3 Å². The molecule has 0 saturated heterocycles. The van der Waals surface area contributed by atoms with Crippen LogP contribution in [0.15, 0.2) is 48.5 Å². The Morgan fingerprint density at radius 1 is 1.14 bits per heavy atom. The molecule has 0 radical (unpaired) electrons. The van der Waals surface area contributed by atoms with Crippen molar-refractivity contribution in [3.8, 4) is 5.75 Å². The molecule has 8 heteroatoms. The number of anilines is 1. The molecule has 1 atom stereocenters. The molecular formula is C20H25NO6S. The summed E-state index contributed by atoms with van der Waals surface area (Å²) in [7, 11) is -2.14. The molecule has 0 bridgehead atoms. The molecule has 2 aromatic carbocycles. The average Bonchev–Trinajstić information content (AvgIpc) is 2.63. The van der Waals surface area contributed by atoms with Crippen LogP contribution in [0.2, 0.25) is 0 Å². The highest BCUT2D eigenvalue weighted by molar-refractivity contribution is 7.86. The lowest BCUT2D eigenvalue weighted by Crippen LogP contribution is -2.24. The third-order valence-electron chi connectivity index (χ3n) is 4.05. The van der Waals surface area contributed by atoms with Crippen LogP contribution in [-0.2, 0) is 32.5 Å². The van der Waals surface area contributed by atoms with Crippen molar-refractivity contribution in [3.05, 3.63) is 59.7 Å². The zero-order valence-corrected chi connectivity index (χ0v) is 16.7. The topological polar surface area (TPSA) is 102 Å². The number of ether oxygens (including phenoxy) is 1. The molecule has 2 rings (SSSR count). The molecule has 0 aliphatic heterocycles. The zero-order chi connectivity index (χ0) is 20.6. The Morgan fingerprint density at radius 2 is 1.86 bits per heavy atom. The van der Waals surface area contributed by atoms with Crippen LogP contribution in [0.4, 0.5) is 5.69 Å². The first-order chi connectivity index (χ1) is 13.3. The molecule has 2 aromatic rings. The minimum Gasteiger partial charge on any atom is -0.479 e. The van der Waals surface area contributed by atoms with E-state index in [2.05, 4.69) is 5.32 Å². The molecule has 2 N–H and O–H groups in total. The predicted octanol–water partition coefficient (Wildman–Crippen LogP) is 2.71. The molecule has 0 aliphatic rings. The van der Waals surface area contributed by atoms with E-state index >= 15 is 0 Å². The van der Waals surface area contributed by atoms with Crippen LogP contribution in [0.5, 0.6) is 5.75 Å². The van der Waals surface area contributed by atoms with E-state index in [-0.39, 0.29) is 0 Å². The van der Waals surface area contributed by atoms with E-state index < -0.39 is 22.2 Å². The predicted molar refractivity (Wildman–Crippen MR) is 107 cm³/mol. The van der Waals surface area contributed by atoms with Crippen LogP contribution in [0.3, 0.4) is 0 Å². The maximum atomic E-state index is 11.2. The Bertz CT molecular complexity index is 880. The third-order valence-corrected chi connectivity index (χ3v) is 4.55. The standard InChI is InChI=1S/C20H25NO6S/c1-26-19(20(22)23)14-16-8-10-17(11-9-16)21-12-4-6-15-5-3-7-18(13-15)27-28(2,24)25/h3,5,7-11,13,19,21H,4,6,12,14H2,1-2H3,(H,22,23)/t19-/m0/s1. The van der Waals surface area contributed by atoms with Gasteiger partial charge in [-0.15, -0.1) is 0 Å². The van der Waals surface area contributed by atoms with E-state index in [4.69, 9.17) is 14.0 Å². The van der Waals surface area contributed by atoms with Crippen LogP contribution >= 0.6 is 0 Å². The maximum absolute atomic E-state index is 11.2. The number of aryl methyl sites for hydroxylation is 1. The van der Waals surface area contributed by atoms with E-state index in [0.717, 1.165) is 42.5 Å². The van der Waals surface area contributed by atoms with Gasteiger partial charge >= 0.3 is 16.1 Å². The molecule has 152 valence electrons. The summed E-state index contributed by atoms with van der Waals surface area (Å²) in [5, 5.41) is 12.3. The van der Waals surface area contributed by atoms with E-state index in [1.807, 2.05) is 30.3 Å². The van der Waals surface area contributed by atoms with Crippen LogP contribution in [0.1, 0.15) is 17.5 Å². The lowest BCUT2D eigenvalue weighted by Gasteiger charge is -2.11. The van der Waals surface area contributed by atoms with E-state index in [1.165, 1.54) is 7.11 Å². The monoisotopic (exact) mass is 407 g/mol. The first-order valence-electron chi connectivity index (χ1n) is 8.83. The van der Waals surface area contributed by atoms with Crippen molar-refractivity contribution in [2.45, 2.75) is 25.4 Å². The number of carboxylic acid groups (broad SMARTS) is 1. The van der Waals surface area contributed by atoms with Crippen molar-refractivity contribution in [2.75, 3.05) is 25.2 Å². The van der Waals surface area contributed by atoms with Gasteiger partial charge in [-0.2, -0.15) is 8.42 Å². The van der Waals surface area contributed by atoms with E-state index in [1.54, 1.807) is 18.2 Å². The minimum atomic E-state index is -3.53. The number of carboxylic acids is 1. The fraction of sp³-hybridized carbons (Fsp3) is 0.350. The smallest absolute Gasteiger partial charge is 0.333 e. The van der Waals surface area contributed by atoms with Crippen molar-refractivity contribution in [1.82, 2.24) is 0 Å². The highest BCUT2D eigenvalue weighted by Gasteiger charge is 2.16. The number of carbonyl (C=O) groups is 1. The van der Waals surface area contributed by atoms with Gasteiger partial charge in [0, 0.05) is 25.8 Å². The Hall–Kier alpha value is -2.58. The second kappa shape index (κ2) is 10.1. The van der Waals surface area contributed by atoms with Crippen LogP contribution in [-0.4, -0.2) is 45.5 Å². The van der Waals surface area contributed by atoms with Gasteiger partial charge in [-0.05, 0) is 48.2 Å². The molecule has 0 aliphatic carbocycles. The summed E-state index contributed by atoms with van der Waals surface area (Å²) in [6.45, 7) is 0.742. The Labute approximate surface area is 165 Å². The van der Waals surface area contributed by atoms with Crippen LogP contribution in [0.25, 0.3) is 0 Å². The SMILES string of the molecule is CO[C@@H](Cc1ccc(NCCCc2cccc(OS(C)(=O)=O)c2)cc1)C(=O)O. The van der Waals surface area contributed by atoms with Gasteiger partial charge in [0.05, 0.1) is 6.26 Å². The van der Waals surface area contributed by atoms with E-state index in [0.29, 0.717) is 12.2 Å². The summed E-state index contributed by atoms with van der Waals surface area (Å²) < 4.78 is 32.2. The van der Waals surface area contributed by atoms with Gasteiger partial charge in [0.25, 0.3) is 0 Å². The first kappa shape index (κ1) is 21.7. The molecule has 0 fully saturated rings. The van der Waals surface area contributed by atoms with Crippen molar-refractivity contribution in [2.24, 2.45) is 0 Å². The van der Waals surface area contributed by atoms with Crippen LogP contribution < -0.4 is 9.50 Å². The molecule has 0 spiro atoms. The molecule has 0 saturated carbocycles. The number of rotatable bonds is 11. The lowest BCUT2D eigenvalue weighted by molar-refractivity contribution is -0.148. The van der Waals surface area contributed by atoms with Crippen molar-refractivity contribution < 1.29 is 27.2 Å². The zero-order valence-electron chi connectivity index (χ0n) is 15.9. The first-order valence-corrected chi connectivity index (χ1v) is 10.7. The van der Waals surface area contributed by atoms with Gasteiger partial charge in [-0.3, -0.25) is 0 Å². The molecule has 0 aromatic heterocycles. The second-order valence-corrected chi connectivity index (χ2v) is 8.00. The molecule has 7 nitrogen and oxygen atoms in total. The van der Waals surface area contributed by atoms with Gasteiger partial charge in [0.15, 0.2) is 6.10 Å². The van der Waals surface area contributed by atoms with Gasteiger partial charge < -0.3 is 19.3 Å². The molecular weight excluding hydrogens is 382 g/mol. The van der Waals surface area contributed by atoms with Gasteiger partial charge in [0.1, 0.15) is 5.75 Å². The molecule has 0 unspecified atom stereocenters. The fourth-order valence-corrected chi connectivity index (χ4v) is 3.15. The second-order valence-electron chi connectivity index (χ2n) is 6.43. The van der Waals surface area contributed by atoms with E-state index in [9.17, 15) is 13.2 Å². The van der Waals surface area contributed by atoms with Crippen LogP contribution in [0, 0.1) is 0 Å². The van der Waals surface area contributed by atoms with Crippen molar-refractivity contribution in [3.63, 3.8) is 0 Å². The summed E-state index contributed by atoms with van der Waals surface area (Å²) in [5.74, 6) is -0.657. The number of methoxy groups -OCH3 is 1. The minimum absolute atomic E-state index is 0.317. The third kappa shape index (κ3) is 7.58. The quantitative estimate of drug-likeness (QED) is 0.436. The lowest BCUT2D eigenvalue weighted by atomic mass is 10.1. The molecule has 0 amide bonds. The summed E-state index contributed by atoms with van der Waals surface area (Å²) in [5.41, 5.74) is 2.84. The highest BCUT2D eigenvalue weighted by Crippen LogP contribution is 2.17. The summed E-state index contributed by atoms with van der Waals surface area (Å²) in [6, 6.07) is 14.6. The van der Waals surface area contributed by atoms with Crippen molar-refractivity contribution in [1.29, 1.82) is 0 Å². The number of hydrogen-bond donors (Lipinski definition) is 2. The Morgan fingerprint density at radius 3 is 2.46 bits per heavy atom. The van der Waals surface area contributed by atoms with Gasteiger partial charge in [0.2, 0.25) is 0 Å². The Balaban J connectivity index is 1.79. The number of benzene rings is 2. The molecule has 28 heavy (non-hydrogen) atoms. The largest absolute Gasteiger partial charge is 0.479 e. The summed E-state index contributed by atoms with van der Waals surface area (Å²) >= 11 is 0.